The van der Waals surface area contributed by atoms with Crippen molar-refractivity contribution in [2.75, 3.05) is 5.73 Å². The van der Waals surface area contributed by atoms with Crippen LogP contribution in [0, 0.1) is 5.82 Å². The SMILES string of the molecule is Nc1ccc(C(=O)Cc2ccc(F)cc2Cl)cc1Br. The van der Waals surface area contributed by atoms with Gasteiger partial charge in [0, 0.05) is 27.2 Å². The summed E-state index contributed by atoms with van der Waals surface area (Å²) in [6, 6.07) is 8.97. The Labute approximate surface area is 123 Å². The van der Waals surface area contributed by atoms with E-state index in [1.54, 1.807) is 18.2 Å². The average molecular weight is 343 g/mol. The van der Waals surface area contributed by atoms with Gasteiger partial charge in [0.15, 0.2) is 5.78 Å². The van der Waals surface area contributed by atoms with Gasteiger partial charge in [-0.2, -0.15) is 0 Å². The predicted molar refractivity (Wildman–Crippen MR) is 78.0 cm³/mol. The molecule has 0 saturated heterocycles. The molecule has 5 heteroatoms. The molecule has 0 aliphatic carbocycles. The van der Waals surface area contributed by atoms with Crippen LogP contribution in [0.3, 0.4) is 0 Å². The Hall–Kier alpha value is -1.39. The van der Waals surface area contributed by atoms with Crippen molar-refractivity contribution in [3.63, 3.8) is 0 Å². The lowest BCUT2D eigenvalue weighted by molar-refractivity contribution is 0.0993. The van der Waals surface area contributed by atoms with Crippen molar-refractivity contribution in [3.05, 3.63) is 62.8 Å². The molecule has 2 aromatic carbocycles. The molecule has 0 spiro atoms. The van der Waals surface area contributed by atoms with Crippen LogP contribution in [-0.2, 0) is 6.42 Å². The second-order valence-corrected chi connectivity index (χ2v) is 5.33. The van der Waals surface area contributed by atoms with E-state index in [-0.39, 0.29) is 17.2 Å². The standard InChI is InChI=1S/C14H10BrClFNO/c15-11-5-9(2-4-13(11)18)14(19)6-8-1-3-10(17)7-12(8)16/h1-5,7H,6,18H2. The van der Waals surface area contributed by atoms with E-state index in [1.165, 1.54) is 18.2 Å². The molecule has 0 bridgehead atoms. The van der Waals surface area contributed by atoms with E-state index in [2.05, 4.69) is 15.9 Å². The summed E-state index contributed by atoms with van der Waals surface area (Å²) in [5, 5.41) is 0.253. The van der Waals surface area contributed by atoms with Gasteiger partial charge in [-0.1, -0.05) is 17.7 Å². The zero-order valence-electron chi connectivity index (χ0n) is 9.79. The molecule has 0 aliphatic rings. The quantitative estimate of drug-likeness (QED) is 0.669. The fraction of sp³-hybridized carbons (Fsp3) is 0.0714. The van der Waals surface area contributed by atoms with E-state index in [1.807, 2.05) is 0 Å². The third-order valence-electron chi connectivity index (χ3n) is 2.69. The molecule has 2 rings (SSSR count). The van der Waals surface area contributed by atoms with Crippen LogP contribution in [-0.4, -0.2) is 5.78 Å². The number of carbonyl (C=O) groups excluding carboxylic acids is 1. The number of benzene rings is 2. The first-order valence-electron chi connectivity index (χ1n) is 5.49. The van der Waals surface area contributed by atoms with Gasteiger partial charge in [-0.15, -0.1) is 0 Å². The van der Waals surface area contributed by atoms with Crippen molar-refractivity contribution in [2.45, 2.75) is 6.42 Å². The predicted octanol–water partition coefficient (Wildman–Crippen LogP) is 4.25. The maximum atomic E-state index is 12.9. The van der Waals surface area contributed by atoms with Crippen LogP contribution in [0.1, 0.15) is 15.9 Å². The lowest BCUT2D eigenvalue weighted by atomic mass is 10.0. The monoisotopic (exact) mass is 341 g/mol. The summed E-state index contributed by atoms with van der Waals surface area (Å²) in [7, 11) is 0. The van der Waals surface area contributed by atoms with Gasteiger partial charge in [0.2, 0.25) is 0 Å². The lowest BCUT2D eigenvalue weighted by Gasteiger charge is -2.05. The molecule has 0 amide bonds. The Kier molecular flexibility index (Phi) is 4.22. The lowest BCUT2D eigenvalue weighted by Crippen LogP contribution is -2.04. The summed E-state index contributed by atoms with van der Waals surface area (Å²) >= 11 is 9.17. The number of Topliss-reactive ketones (excluding diaryl/α,β-unsaturated/α-hetero) is 1. The fourth-order valence-electron chi connectivity index (χ4n) is 1.64. The van der Waals surface area contributed by atoms with Crippen molar-refractivity contribution in [1.29, 1.82) is 0 Å². The maximum absolute atomic E-state index is 12.9. The number of ketones is 1. The molecule has 2 N–H and O–H groups in total. The number of halogens is 3. The second-order valence-electron chi connectivity index (χ2n) is 4.07. The summed E-state index contributed by atoms with van der Waals surface area (Å²) < 4.78 is 13.6. The Bertz CT molecular complexity index is 645. The summed E-state index contributed by atoms with van der Waals surface area (Å²) in [5.74, 6) is -0.523. The molecule has 0 unspecified atom stereocenters. The highest BCUT2D eigenvalue weighted by Crippen LogP contribution is 2.23. The van der Waals surface area contributed by atoms with E-state index in [0.29, 0.717) is 21.3 Å². The zero-order chi connectivity index (χ0) is 14.0. The molecular formula is C14H10BrClFNO. The molecule has 0 aliphatic heterocycles. The van der Waals surface area contributed by atoms with Gasteiger partial charge in [-0.25, -0.2) is 4.39 Å². The molecule has 0 atom stereocenters. The molecule has 98 valence electrons. The normalized spacial score (nSPS) is 10.5. The summed E-state index contributed by atoms with van der Waals surface area (Å²) in [5.41, 5.74) is 7.35. The third-order valence-corrected chi connectivity index (χ3v) is 3.73. The van der Waals surface area contributed by atoms with Crippen molar-refractivity contribution in [2.24, 2.45) is 0 Å². The van der Waals surface area contributed by atoms with Gasteiger partial charge in [0.1, 0.15) is 5.82 Å². The minimum atomic E-state index is -0.420. The van der Waals surface area contributed by atoms with Crippen molar-refractivity contribution < 1.29 is 9.18 Å². The van der Waals surface area contributed by atoms with Crippen LogP contribution in [0.2, 0.25) is 5.02 Å². The number of rotatable bonds is 3. The van der Waals surface area contributed by atoms with E-state index >= 15 is 0 Å². The first-order valence-corrected chi connectivity index (χ1v) is 6.66. The van der Waals surface area contributed by atoms with Gasteiger partial charge < -0.3 is 5.73 Å². The molecule has 0 radical (unpaired) electrons. The number of nitrogens with two attached hydrogens (primary N) is 1. The largest absolute Gasteiger partial charge is 0.398 e. The third kappa shape index (κ3) is 3.33. The zero-order valence-corrected chi connectivity index (χ0v) is 12.1. The van der Waals surface area contributed by atoms with Crippen molar-refractivity contribution in [1.82, 2.24) is 0 Å². The van der Waals surface area contributed by atoms with E-state index in [9.17, 15) is 9.18 Å². The van der Waals surface area contributed by atoms with Crippen molar-refractivity contribution in [3.8, 4) is 0 Å². The molecule has 0 fully saturated rings. The van der Waals surface area contributed by atoms with Crippen LogP contribution in [0.15, 0.2) is 40.9 Å². The molecule has 0 aromatic heterocycles. The van der Waals surface area contributed by atoms with Crippen LogP contribution < -0.4 is 5.73 Å². The van der Waals surface area contributed by atoms with Gasteiger partial charge >= 0.3 is 0 Å². The highest BCUT2D eigenvalue weighted by molar-refractivity contribution is 9.10. The summed E-state index contributed by atoms with van der Waals surface area (Å²) in [6.45, 7) is 0. The van der Waals surface area contributed by atoms with Crippen molar-refractivity contribution >= 4 is 39.0 Å². The minimum Gasteiger partial charge on any atom is -0.398 e. The van der Waals surface area contributed by atoms with E-state index < -0.39 is 5.82 Å². The minimum absolute atomic E-state index is 0.103. The Balaban J connectivity index is 2.23. The second kappa shape index (κ2) is 5.72. The molecule has 2 nitrogen and oxygen atoms in total. The number of carbonyl (C=O) groups is 1. The van der Waals surface area contributed by atoms with E-state index in [4.69, 9.17) is 17.3 Å². The highest BCUT2D eigenvalue weighted by atomic mass is 79.9. The number of nitrogen functional groups attached to an aromatic ring is 1. The maximum Gasteiger partial charge on any atom is 0.167 e. The summed E-state index contributed by atoms with van der Waals surface area (Å²) in [6.07, 6.45) is 0.121. The smallest absolute Gasteiger partial charge is 0.167 e. The van der Waals surface area contributed by atoms with Crippen LogP contribution >= 0.6 is 27.5 Å². The number of hydrogen-bond acceptors (Lipinski definition) is 2. The summed E-state index contributed by atoms with van der Waals surface area (Å²) in [4.78, 5) is 12.1. The Morgan fingerprint density at radius 1 is 1.26 bits per heavy atom. The first-order chi connectivity index (χ1) is 8.97. The fourth-order valence-corrected chi connectivity index (χ4v) is 2.25. The number of hydrogen-bond donors (Lipinski definition) is 1. The van der Waals surface area contributed by atoms with E-state index in [0.717, 1.165) is 0 Å². The van der Waals surface area contributed by atoms with Crippen LogP contribution in [0.25, 0.3) is 0 Å². The molecule has 0 saturated carbocycles. The molecule has 19 heavy (non-hydrogen) atoms. The Morgan fingerprint density at radius 2 is 2.00 bits per heavy atom. The van der Waals surface area contributed by atoms with Gasteiger partial charge in [-0.05, 0) is 51.8 Å². The van der Waals surface area contributed by atoms with Gasteiger partial charge in [-0.3, -0.25) is 4.79 Å². The topological polar surface area (TPSA) is 43.1 Å². The van der Waals surface area contributed by atoms with Gasteiger partial charge in [0.25, 0.3) is 0 Å². The highest BCUT2D eigenvalue weighted by Gasteiger charge is 2.11. The first kappa shape index (κ1) is 14.0. The van der Waals surface area contributed by atoms with Crippen LogP contribution in [0.5, 0.6) is 0 Å². The average Bonchev–Trinajstić information content (AvgIpc) is 2.36. The molecule has 2 aromatic rings. The molecular weight excluding hydrogens is 333 g/mol. The van der Waals surface area contributed by atoms with Gasteiger partial charge in [0.05, 0.1) is 0 Å². The number of anilines is 1. The molecule has 0 heterocycles. The Morgan fingerprint density at radius 3 is 2.63 bits per heavy atom. The van der Waals surface area contributed by atoms with Crippen LogP contribution in [0.4, 0.5) is 10.1 Å².